The zero-order valence-corrected chi connectivity index (χ0v) is 39.6. The Kier molecular flexibility index (Phi) is 15.5. The number of rotatable bonds is 12. The van der Waals surface area contributed by atoms with Gasteiger partial charge < -0.3 is 9.47 Å². The van der Waals surface area contributed by atoms with Crippen molar-refractivity contribution < 1.29 is 28.7 Å². The van der Waals surface area contributed by atoms with E-state index in [0.29, 0.717) is 35.5 Å². The molecular formula is C52H40Br4O6. The van der Waals surface area contributed by atoms with Gasteiger partial charge in [-0.25, -0.2) is 0 Å². The average molecular weight is 1080 g/mol. The molecule has 6 aromatic rings. The molecule has 8 rings (SSSR count). The second-order valence-corrected chi connectivity index (χ2v) is 18.6. The number of hydrogen-bond donors (Lipinski definition) is 0. The normalized spacial score (nSPS) is 18.3. The van der Waals surface area contributed by atoms with Crippen LogP contribution >= 0.6 is 63.7 Å². The van der Waals surface area contributed by atoms with Crippen LogP contribution in [0.4, 0.5) is 0 Å². The molecule has 6 nitrogen and oxygen atoms in total. The van der Waals surface area contributed by atoms with Gasteiger partial charge in [-0.3, -0.25) is 19.2 Å². The van der Waals surface area contributed by atoms with Crippen molar-refractivity contribution in [3.05, 3.63) is 221 Å². The van der Waals surface area contributed by atoms with Gasteiger partial charge in [-0.2, -0.15) is 0 Å². The lowest BCUT2D eigenvalue weighted by atomic mass is 9.80. The molecule has 2 heterocycles. The first-order chi connectivity index (χ1) is 30.0. The van der Waals surface area contributed by atoms with Gasteiger partial charge in [0.05, 0.1) is 11.8 Å². The quantitative estimate of drug-likeness (QED) is 0.0896. The minimum atomic E-state index is -0.423. The molecule has 2 aliphatic rings. The number of ketones is 2. The molecule has 4 atom stereocenters. The van der Waals surface area contributed by atoms with Crippen molar-refractivity contribution in [3.8, 4) is 0 Å². The molecule has 0 bridgehead atoms. The van der Waals surface area contributed by atoms with Gasteiger partial charge >= 0.3 is 11.9 Å². The molecule has 6 aromatic carbocycles. The van der Waals surface area contributed by atoms with Crippen molar-refractivity contribution in [2.45, 2.75) is 37.5 Å². The molecule has 62 heavy (non-hydrogen) atoms. The number of allylic oxidation sites excluding steroid dienone is 2. The van der Waals surface area contributed by atoms with E-state index in [0.717, 1.165) is 40.1 Å². The zero-order valence-electron chi connectivity index (χ0n) is 33.3. The number of halogens is 4. The highest BCUT2D eigenvalue weighted by atomic mass is 79.9. The lowest BCUT2D eigenvalue weighted by Crippen LogP contribution is -2.28. The van der Waals surface area contributed by atoms with Gasteiger partial charge in [0.15, 0.2) is 11.6 Å². The Morgan fingerprint density at radius 1 is 0.419 bits per heavy atom. The number of carbonyl (C=O) groups is 4. The van der Waals surface area contributed by atoms with E-state index in [9.17, 15) is 19.2 Å². The summed E-state index contributed by atoms with van der Waals surface area (Å²) in [5, 5.41) is 0. The molecule has 0 aromatic heterocycles. The van der Waals surface area contributed by atoms with Gasteiger partial charge in [0.2, 0.25) is 0 Å². The first-order valence-corrected chi connectivity index (χ1v) is 23.3. The van der Waals surface area contributed by atoms with E-state index in [1.807, 2.05) is 146 Å². The molecule has 312 valence electrons. The maximum Gasteiger partial charge on any atom is 0.315 e. The Bertz CT molecular complexity index is 2390. The Morgan fingerprint density at radius 3 is 1.05 bits per heavy atom. The van der Waals surface area contributed by atoms with Gasteiger partial charge in [0.1, 0.15) is 11.5 Å². The molecule has 0 unspecified atom stereocenters. The summed E-state index contributed by atoms with van der Waals surface area (Å²) < 4.78 is 15.3. The molecule has 0 spiro atoms. The van der Waals surface area contributed by atoms with Crippen LogP contribution < -0.4 is 0 Å². The van der Waals surface area contributed by atoms with Crippen molar-refractivity contribution >= 4 is 98.7 Å². The SMILES string of the molecule is O=C(CC[C@@H]1C(=O)OC(c2ccc(Br)cc2)=C[C@@H]1c1ccc(Br)cc1)c1ccccc1.O=C(CC[C@@H]1C(=O)OC(c2ccc(Br)cc2)=C[C@@H]1c1ccc(Br)cc1)c1ccccc1. The molecular weight excluding hydrogens is 1040 g/mol. The van der Waals surface area contributed by atoms with E-state index < -0.39 is 11.8 Å². The molecule has 0 fully saturated rings. The summed E-state index contributed by atoms with van der Waals surface area (Å²) in [5.74, 6) is -0.610. The lowest BCUT2D eigenvalue weighted by Gasteiger charge is -2.29. The fourth-order valence-corrected chi connectivity index (χ4v) is 8.62. The molecule has 10 heteroatoms. The lowest BCUT2D eigenvalue weighted by molar-refractivity contribution is -0.144. The van der Waals surface area contributed by atoms with E-state index in [1.165, 1.54) is 0 Å². The molecule has 0 amide bonds. The fraction of sp³-hybridized carbons (Fsp3) is 0.154. The maximum atomic E-state index is 13.1. The van der Waals surface area contributed by atoms with Gasteiger partial charge in [-0.15, -0.1) is 0 Å². The average Bonchev–Trinajstić information content (AvgIpc) is 3.29. The minimum Gasteiger partial charge on any atom is -0.426 e. The molecule has 2 aliphatic heterocycles. The monoisotopic (exact) mass is 1080 g/mol. The van der Waals surface area contributed by atoms with Crippen molar-refractivity contribution in [1.29, 1.82) is 0 Å². The number of hydrogen-bond acceptors (Lipinski definition) is 6. The topological polar surface area (TPSA) is 86.7 Å². The Hall–Kier alpha value is -5.00. The van der Waals surface area contributed by atoms with Crippen molar-refractivity contribution in [3.63, 3.8) is 0 Å². The van der Waals surface area contributed by atoms with E-state index in [-0.39, 0.29) is 48.2 Å². The van der Waals surface area contributed by atoms with Gasteiger partial charge in [-0.05, 0) is 84.7 Å². The highest BCUT2D eigenvalue weighted by molar-refractivity contribution is 9.11. The van der Waals surface area contributed by atoms with Crippen molar-refractivity contribution in [1.82, 2.24) is 0 Å². The Labute approximate surface area is 395 Å². The highest BCUT2D eigenvalue weighted by Crippen LogP contribution is 2.41. The maximum absolute atomic E-state index is 13.1. The van der Waals surface area contributed by atoms with Crippen LogP contribution in [0.3, 0.4) is 0 Å². The number of esters is 2. The van der Waals surface area contributed by atoms with Crippen LogP contribution in [0.2, 0.25) is 0 Å². The second-order valence-electron chi connectivity index (χ2n) is 14.9. The Balaban J connectivity index is 0.000000186. The number of cyclic esters (lactones) is 2. The summed E-state index contributed by atoms with van der Waals surface area (Å²) in [6, 6.07) is 49.6. The number of Topliss-reactive ketones (excluding diaryl/α,β-unsaturated/α-hetero) is 2. The molecule has 0 saturated heterocycles. The molecule has 0 N–H and O–H groups in total. The molecule has 0 aliphatic carbocycles. The van der Waals surface area contributed by atoms with E-state index in [4.69, 9.17) is 9.47 Å². The standard InChI is InChI=1S/2C26H20Br2O3/c2*27-20-10-6-17(7-11-20)23-16-25(19-8-12-21(28)13-9-19)31-26(30)22(23)14-15-24(29)18-4-2-1-3-5-18/h2*1-13,16,22-23H,14-15H2/t2*22-,23+/m00/s1. The minimum absolute atomic E-state index is 0.0330. The van der Waals surface area contributed by atoms with Crippen molar-refractivity contribution in [2.75, 3.05) is 0 Å². The molecule has 0 radical (unpaired) electrons. The molecule has 0 saturated carbocycles. The van der Waals surface area contributed by atoms with Gasteiger partial charge in [-0.1, -0.05) is 173 Å². The number of ether oxygens (including phenoxy) is 2. The van der Waals surface area contributed by atoms with E-state index in [1.54, 1.807) is 24.3 Å². The van der Waals surface area contributed by atoms with Gasteiger partial charge in [0, 0.05) is 64.8 Å². The van der Waals surface area contributed by atoms with Crippen LogP contribution in [0.5, 0.6) is 0 Å². The van der Waals surface area contributed by atoms with Crippen LogP contribution in [-0.4, -0.2) is 23.5 Å². The van der Waals surface area contributed by atoms with Crippen molar-refractivity contribution in [2.24, 2.45) is 11.8 Å². The smallest absolute Gasteiger partial charge is 0.315 e. The summed E-state index contributed by atoms with van der Waals surface area (Å²) in [6.45, 7) is 0. The van der Waals surface area contributed by atoms with Crippen LogP contribution in [0.25, 0.3) is 11.5 Å². The van der Waals surface area contributed by atoms with E-state index >= 15 is 0 Å². The summed E-state index contributed by atoms with van der Waals surface area (Å²) in [6.07, 6.45) is 5.45. The third kappa shape index (κ3) is 11.7. The first-order valence-electron chi connectivity index (χ1n) is 20.1. The highest BCUT2D eigenvalue weighted by Gasteiger charge is 2.37. The predicted octanol–water partition coefficient (Wildman–Crippen LogP) is 14.3. The van der Waals surface area contributed by atoms with Crippen LogP contribution in [0, 0.1) is 11.8 Å². The van der Waals surface area contributed by atoms with Crippen LogP contribution in [0.1, 0.15) is 80.5 Å². The summed E-state index contributed by atoms with van der Waals surface area (Å²) in [7, 11) is 0. The largest absolute Gasteiger partial charge is 0.426 e. The summed E-state index contributed by atoms with van der Waals surface area (Å²) in [5.41, 5.74) is 5.06. The second kappa shape index (κ2) is 21.4. The first kappa shape index (κ1) is 45.0. The zero-order chi connectivity index (χ0) is 43.6. The Morgan fingerprint density at radius 2 is 0.726 bits per heavy atom. The fourth-order valence-electron chi connectivity index (χ4n) is 7.56. The van der Waals surface area contributed by atoms with Crippen LogP contribution in [0.15, 0.2) is 188 Å². The summed E-state index contributed by atoms with van der Waals surface area (Å²) in [4.78, 5) is 51.3. The van der Waals surface area contributed by atoms with Gasteiger partial charge in [0.25, 0.3) is 0 Å². The van der Waals surface area contributed by atoms with E-state index in [2.05, 4.69) is 63.7 Å². The summed E-state index contributed by atoms with van der Waals surface area (Å²) >= 11 is 13.8. The third-order valence-corrected chi connectivity index (χ3v) is 13.0. The predicted molar refractivity (Wildman–Crippen MR) is 257 cm³/mol. The third-order valence-electron chi connectivity index (χ3n) is 10.9. The van der Waals surface area contributed by atoms with Crippen LogP contribution in [-0.2, 0) is 19.1 Å². The number of carbonyl (C=O) groups excluding carboxylic acids is 4. The number of benzene rings is 6.